The molecule has 18 heavy (non-hydrogen) atoms. The standard InChI is InChI=1S/C11H20N4O3/c1-7(2)9(5-11(16)17)15-10(12-13-14-15)6-18-8(3)4/h7-9H,5-6H2,1-4H3,(H,16,17). The van der Waals surface area contributed by atoms with Gasteiger partial charge in [0, 0.05) is 0 Å². The molecule has 0 radical (unpaired) electrons. The zero-order valence-corrected chi connectivity index (χ0v) is 11.2. The molecule has 102 valence electrons. The second-order valence-electron chi connectivity index (χ2n) is 4.81. The number of hydrogen-bond acceptors (Lipinski definition) is 5. The van der Waals surface area contributed by atoms with E-state index < -0.39 is 5.97 Å². The SMILES string of the molecule is CC(C)OCc1nnnn1C(CC(=O)O)C(C)C. The third-order valence-corrected chi connectivity index (χ3v) is 2.57. The van der Waals surface area contributed by atoms with E-state index in [2.05, 4.69) is 15.5 Å². The van der Waals surface area contributed by atoms with Gasteiger partial charge in [-0.25, -0.2) is 4.68 Å². The highest BCUT2D eigenvalue weighted by Gasteiger charge is 2.23. The molecule has 0 fully saturated rings. The molecule has 1 N–H and O–H groups in total. The van der Waals surface area contributed by atoms with Crippen molar-refractivity contribution in [3.8, 4) is 0 Å². The minimum absolute atomic E-state index is 0.00259. The summed E-state index contributed by atoms with van der Waals surface area (Å²) in [7, 11) is 0. The smallest absolute Gasteiger partial charge is 0.305 e. The van der Waals surface area contributed by atoms with Crippen molar-refractivity contribution in [3.05, 3.63) is 5.82 Å². The number of tetrazole rings is 1. The minimum Gasteiger partial charge on any atom is -0.481 e. The monoisotopic (exact) mass is 256 g/mol. The van der Waals surface area contributed by atoms with Crippen LogP contribution in [0.5, 0.6) is 0 Å². The third-order valence-electron chi connectivity index (χ3n) is 2.57. The topological polar surface area (TPSA) is 90.1 Å². The van der Waals surface area contributed by atoms with Crippen molar-refractivity contribution in [2.24, 2.45) is 5.92 Å². The number of ether oxygens (including phenoxy) is 1. The highest BCUT2D eigenvalue weighted by Crippen LogP contribution is 2.21. The first-order chi connectivity index (χ1) is 8.41. The molecule has 1 unspecified atom stereocenters. The van der Waals surface area contributed by atoms with Gasteiger partial charge in [-0.15, -0.1) is 5.10 Å². The molecule has 1 heterocycles. The number of aliphatic carboxylic acids is 1. The van der Waals surface area contributed by atoms with Crippen molar-refractivity contribution in [2.75, 3.05) is 0 Å². The van der Waals surface area contributed by atoms with Crippen LogP contribution >= 0.6 is 0 Å². The van der Waals surface area contributed by atoms with E-state index >= 15 is 0 Å². The molecular weight excluding hydrogens is 236 g/mol. The van der Waals surface area contributed by atoms with E-state index in [9.17, 15) is 4.79 Å². The summed E-state index contributed by atoms with van der Waals surface area (Å²) in [6, 6.07) is -0.261. The van der Waals surface area contributed by atoms with Crippen molar-refractivity contribution < 1.29 is 14.6 Å². The van der Waals surface area contributed by atoms with Crippen LogP contribution in [0.4, 0.5) is 0 Å². The number of carboxylic acid groups (broad SMARTS) is 1. The number of carboxylic acids is 1. The molecule has 7 nitrogen and oxygen atoms in total. The van der Waals surface area contributed by atoms with E-state index in [-0.39, 0.29) is 31.1 Å². The van der Waals surface area contributed by atoms with E-state index in [0.717, 1.165) is 0 Å². The molecule has 1 rings (SSSR count). The van der Waals surface area contributed by atoms with Gasteiger partial charge in [-0.1, -0.05) is 13.8 Å². The summed E-state index contributed by atoms with van der Waals surface area (Å²) < 4.78 is 7.01. The molecule has 0 saturated carbocycles. The Kier molecular flexibility index (Phi) is 5.21. The van der Waals surface area contributed by atoms with Crippen LogP contribution in [0, 0.1) is 5.92 Å². The average Bonchev–Trinajstić information content (AvgIpc) is 2.70. The van der Waals surface area contributed by atoms with Gasteiger partial charge in [0.1, 0.15) is 6.61 Å². The highest BCUT2D eigenvalue weighted by atomic mass is 16.5. The molecule has 0 spiro atoms. The Labute approximate surface area is 106 Å². The number of hydrogen-bond donors (Lipinski definition) is 1. The Bertz CT molecular complexity index is 389. The Morgan fingerprint density at radius 2 is 2.06 bits per heavy atom. The molecule has 0 bridgehead atoms. The van der Waals surface area contributed by atoms with Gasteiger partial charge >= 0.3 is 5.97 Å². The quantitative estimate of drug-likeness (QED) is 0.790. The maximum Gasteiger partial charge on any atom is 0.305 e. The lowest BCUT2D eigenvalue weighted by molar-refractivity contribution is -0.138. The van der Waals surface area contributed by atoms with Crippen LogP contribution in [0.2, 0.25) is 0 Å². The summed E-state index contributed by atoms with van der Waals surface area (Å²) in [5.41, 5.74) is 0. The molecule has 0 saturated heterocycles. The highest BCUT2D eigenvalue weighted by molar-refractivity contribution is 5.67. The van der Waals surface area contributed by atoms with E-state index in [1.54, 1.807) is 4.68 Å². The second-order valence-corrected chi connectivity index (χ2v) is 4.81. The lowest BCUT2D eigenvalue weighted by Crippen LogP contribution is -2.23. The largest absolute Gasteiger partial charge is 0.481 e. The molecule has 0 amide bonds. The Morgan fingerprint density at radius 1 is 1.39 bits per heavy atom. The van der Waals surface area contributed by atoms with Gasteiger partial charge in [-0.05, 0) is 30.2 Å². The second kappa shape index (κ2) is 6.44. The summed E-state index contributed by atoms with van der Waals surface area (Å²) in [6.07, 6.45) is 0.0734. The van der Waals surface area contributed by atoms with Gasteiger partial charge in [-0.3, -0.25) is 4.79 Å². The van der Waals surface area contributed by atoms with Crippen LogP contribution in [-0.4, -0.2) is 37.4 Å². The summed E-state index contributed by atoms with van der Waals surface area (Å²) in [5.74, 6) is -0.175. The Morgan fingerprint density at radius 3 is 2.56 bits per heavy atom. The van der Waals surface area contributed by atoms with Gasteiger partial charge in [-0.2, -0.15) is 0 Å². The van der Waals surface area contributed by atoms with E-state index in [4.69, 9.17) is 9.84 Å². The van der Waals surface area contributed by atoms with Crippen LogP contribution in [0.1, 0.15) is 46.0 Å². The number of rotatable bonds is 7. The van der Waals surface area contributed by atoms with Crippen LogP contribution in [-0.2, 0) is 16.1 Å². The lowest BCUT2D eigenvalue weighted by Gasteiger charge is -2.20. The first-order valence-corrected chi connectivity index (χ1v) is 6.02. The predicted octanol–water partition coefficient (Wildman–Crippen LogP) is 1.27. The van der Waals surface area contributed by atoms with Crippen molar-refractivity contribution in [1.29, 1.82) is 0 Å². The molecule has 0 aromatic carbocycles. The van der Waals surface area contributed by atoms with E-state index in [1.807, 2.05) is 27.7 Å². The summed E-state index contributed by atoms with van der Waals surface area (Å²) in [5, 5.41) is 20.3. The fourth-order valence-electron chi connectivity index (χ4n) is 1.59. The molecular formula is C11H20N4O3. The zero-order chi connectivity index (χ0) is 13.7. The van der Waals surface area contributed by atoms with Crippen molar-refractivity contribution >= 4 is 5.97 Å². The maximum atomic E-state index is 10.9. The normalized spacial score (nSPS) is 13.2. The first-order valence-electron chi connectivity index (χ1n) is 6.02. The van der Waals surface area contributed by atoms with Gasteiger partial charge in [0.05, 0.1) is 18.6 Å². The number of nitrogens with zero attached hydrogens (tertiary/aromatic N) is 4. The molecule has 0 aliphatic heterocycles. The van der Waals surface area contributed by atoms with Gasteiger partial charge < -0.3 is 9.84 Å². The van der Waals surface area contributed by atoms with Crippen LogP contribution in [0.25, 0.3) is 0 Å². The fourth-order valence-corrected chi connectivity index (χ4v) is 1.59. The van der Waals surface area contributed by atoms with Gasteiger partial charge in [0.25, 0.3) is 0 Å². The molecule has 0 aliphatic rings. The van der Waals surface area contributed by atoms with Crippen molar-refractivity contribution in [2.45, 2.75) is 52.9 Å². The van der Waals surface area contributed by atoms with Gasteiger partial charge in [0.15, 0.2) is 5.82 Å². The molecule has 7 heteroatoms. The zero-order valence-electron chi connectivity index (χ0n) is 11.2. The summed E-state index contributed by atoms with van der Waals surface area (Å²) in [6.45, 7) is 8.02. The van der Waals surface area contributed by atoms with Crippen molar-refractivity contribution in [1.82, 2.24) is 20.2 Å². The van der Waals surface area contributed by atoms with Crippen molar-refractivity contribution in [3.63, 3.8) is 0 Å². The van der Waals surface area contributed by atoms with Crippen LogP contribution in [0.15, 0.2) is 0 Å². The van der Waals surface area contributed by atoms with E-state index in [0.29, 0.717) is 5.82 Å². The lowest BCUT2D eigenvalue weighted by atomic mass is 10.0. The summed E-state index contributed by atoms with van der Waals surface area (Å²) >= 11 is 0. The Hall–Kier alpha value is -1.50. The molecule has 0 aliphatic carbocycles. The first kappa shape index (κ1) is 14.6. The van der Waals surface area contributed by atoms with Crippen LogP contribution in [0.3, 0.4) is 0 Å². The fraction of sp³-hybridized carbons (Fsp3) is 0.818. The number of aromatic nitrogens is 4. The Balaban J connectivity index is 2.84. The molecule has 1 aromatic rings. The minimum atomic E-state index is -0.861. The van der Waals surface area contributed by atoms with Crippen LogP contribution < -0.4 is 0 Å². The number of carbonyl (C=O) groups is 1. The maximum absolute atomic E-state index is 10.9. The third kappa shape index (κ3) is 4.06. The van der Waals surface area contributed by atoms with Gasteiger partial charge in [0.2, 0.25) is 0 Å². The predicted molar refractivity (Wildman–Crippen MR) is 63.9 cm³/mol. The molecule has 1 aromatic heterocycles. The molecule has 1 atom stereocenters. The summed E-state index contributed by atoms with van der Waals surface area (Å²) in [4.78, 5) is 10.9. The van der Waals surface area contributed by atoms with E-state index in [1.165, 1.54) is 0 Å². The average molecular weight is 256 g/mol.